The van der Waals surface area contributed by atoms with Crippen molar-refractivity contribution >= 4 is 40.2 Å². The second-order valence-electron chi connectivity index (χ2n) is 5.71. The molecule has 26 heavy (non-hydrogen) atoms. The lowest BCUT2D eigenvalue weighted by molar-refractivity contribution is -0.115. The predicted molar refractivity (Wildman–Crippen MR) is 99.9 cm³/mol. The topological polar surface area (TPSA) is 98.9 Å². The van der Waals surface area contributed by atoms with Crippen molar-refractivity contribution in [3.05, 3.63) is 54.1 Å². The van der Waals surface area contributed by atoms with Crippen LogP contribution < -0.4 is 5.32 Å². The van der Waals surface area contributed by atoms with E-state index in [1.807, 2.05) is 35.6 Å². The zero-order valence-corrected chi connectivity index (χ0v) is 14.6. The Hall–Kier alpha value is -3.31. The maximum atomic E-state index is 12.5. The summed E-state index contributed by atoms with van der Waals surface area (Å²) < 4.78 is 1.90. The van der Waals surface area contributed by atoms with Gasteiger partial charge in [-0.25, -0.2) is 10.1 Å². The lowest BCUT2D eigenvalue weighted by Crippen LogP contribution is -2.22. The number of H-pyrrole nitrogens is 1. The molecule has 0 aliphatic heterocycles. The second-order valence-corrected chi connectivity index (χ2v) is 7.02. The summed E-state index contributed by atoms with van der Waals surface area (Å²) in [7, 11) is 0. The van der Waals surface area contributed by atoms with Crippen molar-refractivity contribution in [1.82, 2.24) is 19.6 Å². The molecule has 7 nitrogen and oxygen atoms in total. The molecule has 2 N–H and O–H groups in total. The average Bonchev–Trinajstić information content (AvgIpc) is 3.21. The molecule has 1 unspecified atom stereocenters. The number of para-hydroxylation sites is 2. The number of nitriles is 1. The van der Waals surface area contributed by atoms with Gasteiger partial charge in [-0.2, -0.15) is 5.26 Å². The fourth-order valence-corrected chi connectivity index (χ4v) is 3.51. The molecule has 8 heteroatoms. The Bertz CT molecular complexity index is 1160. The third kappa shape index (κ3) is 2.89. The van der Waals surface area contributed by atoms with Gasteiger partial charge in [-0.3, -0.25) is 9.20 Å². The molecular formula is C18H14N6OS. The van der Waals surface area contributed by atoms with Gasteiger partial charge in [0.1, 0.15) is 0 Å². The van der Waals surface area contributed by atoms with Crippen molar-refractivity contribution in [3.8, 4) is 6.07 Å². The van der Waals surface area contributed by atoms with Crippen molar-refractivity contribution in [2.45, 2.75) is 17.3 Å². The highest BCUT2D eigenvalue weighted by atomic mass is 32.2. The first-order valence-corrected chi connectivity index (χ1v) is 8.83. The highest BCUT2D eigenvalue weighted by molar-refractivity contribution is 8.00. The Morgan fingerprint density at radius 2 is 2.15 bits per heavy atom. The number of nitrogens with one attached hydrogen (secondary N) is 2. The lowest BCUT2D eigenvalue weighted by atomic mass is 10.2. The largest absolute Gasteiger partial charge is 0.325 e. The standard InChI is InChI=1S/C18H14N6OS/c1-11(16(25)20-13-6-4-5-12(9-13)10-19)26-18-23-22-17-21-14-7-2-3-8-15(14)24(17)18/h2-9,11H,1H3,(H,20,25)(H,21,22). The van der Waals surface area contributed by atoms with Gasteiger partial charge in [-0.1, -0.05) is 30.0 Å². The maximum absolute atomic E-state index is 12.5. The summed E-state index contributed by atoms with van der Waals surface area (Å²) in [6.07, 6.45) is 0. The molecule has 0 fully saturated rings. The van der Waals surface area contributed by atoms with Crippen LogP contribution in [-0.2, 0) is 4.79 Å². The molecule has 1 atom stereocenters. The number of thioether (sulfide) groups is 1. The van der Waals surface area contributed by atoms with E-state index in [9.17, 15) is 4.79 Å². The fourth-order valence-electron chi connectivity index (χ4n) is 2.64. The van der Waals surface area contributed by atoms with E-state index in [2.05, 4.69) is 26.6 Å². The average molecular weight is 362 g/mol. The van der Waals surface area contributed by atoms with E-state index in [1.165, 1.54) is 11.8 Å². The zero-order valence-electron chi connectivity index (χ0n) is 13.8. The van der Waals surface area contributed by atoms with Gasteiger partial charge in [0.05, 0.1) is 27.9 Å². The molecule has 4 rings (SSSR count). The van der Waals surface area contributed by atoms with E-state index in [4.69, 9.17) is 5.26 Å². The van der Waals surface area contributed by atoms with Crippen molar-refractivity contribution in [3.63, 3.8) is 0 Å². The van der Waals surface area contributed by atoms with Gasteiger partial charge in [0.2, 0.25) is 11.7 Å². The number of benzene rings is 2. The summed E-state index contributed by atoms with van der Waals surface area (Å²) in [6.45, 7) is 1.81. The molecule has 0 spiro atoms. The van der Waals surface area contributed by atoms with Gasteiger partial charge in [0, 0.05) is 5.69 Å². The molecule has 2 heterocycles. The highest BCUT2D eigenvalue weighted by Crippen LogP contribution is 2.26. The Morgan fingerprint density at radius 3 is 3.00 bits per heavy atom. The molecule has 4 aromatic rings. The maximum Gasteiger partial charge on any atom is 0.237 e. The number of rotatable bonds is 4. The fraction of sp³-hybridized carbons (Fsp3) is 0.111. The predicted octanol–water partition coefficient (Wildman–Crippen LogP) is 3.20. The monoisotopic (exact) mass is 362 g/mol. The summed E-state index contributed by atoms with van der Waals surface area (Å²) in [5, 5.41) is 19.3. The molecular weight excluding hydrogens is 348 g/mol. The quantitative estimate of drug-likeness (QED) is 0.543. The summed E-state index contributed by atoms with van der Waals surface area (Å²) in [5.41, 5.74) is 2.91. The van der Waals surface area contributed by atoms with Crippen LogP contribution in [0.1, 0.15) is 12.5 Å². The van der Waals surface area contributed by atoms with Crippen LogP contribution in [0.5, 0.6) is 0 Å². The minimum atomic E-state index is -0.381. The van der Waals surface area contributed by atoms with E-state index in [-0.39, 0.29) is 11.2 Å². The summed E-state index contributed by atoms with van der Waals surface area (Å²) in [6, 6.07) is 16.7. The SMILES string of the molecule is CC(Sc1n[nH]c2nc3ccccc3n12)C(=O)Nc1cccc(C#N)c1. The molecule has 0 aliphatic rings. The normalized spacial score (nSPS) is 12.2. The van der Waals surface area contributed by atoms with Gasteiger partial charge < -0.3 is 5.32 Å². The molecule has 0 saturated carbocycles. The van der Waals surface area contributed by atoms with E-state index in [1.54, 1.807) is 24.3 Å². The number of anilines is 1. The van der Waals surface area contributed by atoms with Crippen LogP contribution in [0.25, 0.3) is 16.8 Å². The van der Waals surface area contributed by atoms with E-state index >= 15 is 0 Å². The van der Waals surface area contributed by atoms with Crippen LogP contribution >= 0.6 is 11.8 Å². The summed E-state index contributed by atoms with van der Waals surface area (Å²) in [4.78, 5) is 17.0. The number of nitrogens with zero attached hydrogens (tertiary/aromatic N) is 4. The Kier molecular flexibility index (Phi) is 4.07. The number of aromatic amines is 1. The molecule has 2 aromatic heterocycles. The first-order chi connectivity index (χ1) is 12.7. The van der Waals surface area contributed by atoms with Crippen molar-refractivity contribution in [2.24, 2.45) is 0 Å². The third-order valence-electron chi connectivity index (χ3n) is 3.91. The van der Waals surface area contributed by atoms with Crippen LogP contribution in [-0.4, -0.2) is 30.7 Å². The van der Waals surface area contributed by atoms with Crippen molar-refractivity contribution in [1.29, 1.82) is 5.26 Å². The lowest BCUT2D eigenvalue weighted by Gasteiger charge is -2.11. The Labute approximate surface area is 153 Å². The van der Waals surface area contributed by atoms with Crippen molar-refractivity contribution in [2.75, 3.05) is 5.32 Å². The summed E-state index contributed by atoms with van der Waals surface area (Å²) in [5.74, 6) is 0.480. The van der Waals surface area contributed by atoms with Gasteiger partial charge in [-0.05, 0) is 37.3 Å². The number of aromatic nitrogens is 4. The van der Waals surface area contributed by atoms with Crippen LogP contribution in [0.3, 0.4) is 0 Å². The van der Waals surface area contributed by atoms with Gasteiger partial charge in [0.25, 0.3) is 0 Å². The molecule has 0 aliphatic carbocycles. The number of hydrogen-bond acceptors (Lipinski definition) is 5. The number of hydrogen-bond donors (Lipinski definition) is 2. The Morgan fingerprint density at radius 1 is 1.31 bits per heavy atom. The van der Waals surface area contributed by atoms with Gasteiger partial charge in [0.15, 0.2) is 5.16 Å². The third-order valence-corrected chi connectivity index (χ3v) is 4.97. The smallest absolute Gasteiger partial charge is 0.237 e. The molecule has 0 saturated heterocycles. The zero-order chi connectivity index (χ0) is 18.1. The van der Waals surface area contributed by atoms with Crippen LogP contribution in [0.4, 0.5) is 5.69 Å². The van der Waals surface area contributed by atoms with Crippen molar-refractivity contribution < 1.29 is 4.79 Å². The number of amides is 1. The molecule has 1 amide bonds. The Balaban J connectivity index is 1.56. The van der Waals surface area contributed by atoms with E-state index in [0.717, 1.165) is 11.0 Å². The summed E-state index contributed by atoms with van der Waals surface area (Å²) >= 11 is 1.34. The van der Waals surface area contributed by atoms with Gasteiger partial charge >= 0.3 is 0 Å². The first-order valence-electron chi connectivity index (χ1n) is 7.95. The van der Waals surface area contributed by atoms with Gasteiger partial charge in [-0.15, -0.1) is 5.10 Å². The van der Waals surface area contributed by atoms with Crippen LogP contribution in [0.15, 0.2) is 53.7 Å². The van der Waals surface area contributed by atoms with Crippen LogP contribution in [0, 0.1) is 11.3 Å². The highest BCUT2D eigenvalue weighted by Gasteiger charge is 2.19. The number of imidazole rings is 1. The molecule has 0 bridgehead atoms. The van der Waals surface area contributed by atoms with E-state index < -0.39 is 0 Å². The second kappa shape index (κ2) is 6.54. The van der Waals surface area contributed by atoms with E-state index in [0.29, 0.717) is 22.2 Å². The minimum absolute atomic E-state index is 0.161. The van der Waals surface area contributed by atoms with Crippen LogP contribution in [0.2, 0.25) is 0 Å². The number of carbonyl (C=O) groups is 1. The molecule has 0 radical (unpaired) electrons. The molecule has 128 valence electrons. The minimum Gasteiger partial charge on any atom is -0.325 e. The molecule has 2 aromatic carbocycles. The first kappa shape index (κ1) is 16.2. The number of carbonyl (C=O) groups excluding carboxylic acids is 1. The number of fused-ring (bicyclic) bond motifs is 3.